The molecule has 0 spiro atoms. The maximum Gasteiger partial charge on any atom is 0.407 e. The molecule has 3 aromatic rings. The smallest absolute Gasteiger partial charge is 0.407 e. The van der Waals surface area contributed by atoms with Gasteiger partial charge in [-0.1, -0.05) is 35.9 Å². The Bertz CT molecular complexity index is 1710. The summed E-state index contributed by atoms with van der Waals surface area (Å²) in [6.07, 6.45) is 5.79. The Balaban J connectivity index is 1.41. The topological polar surface area (TPSA) is 131 Å². The van der Waals surface area contributed by atoms with Crippen molar-refractivity contribution in [3.63, 3.8) is 0 Å². The van der Waals surface area contributed by atoms with Crippen molar-refractivity contribution in [2.75, 3.05) is 19.8 Å². The third-order valence-corrected chi connectivity index (χ3v) is 10.2. The van der Waals surface area contributed by atoms with Crippen LogP contribution in [0.15, 0.2) is 48.7 Å². The monoisotopic (exact) mass is 732 g/mol. The number of alkyl carbamates (subject to hydrolysis) is 2. The van der Waals surface area contributed by atoms with E-state index in [-0.39, 0.29) is 18.0 Å². The maximum atomic E-state index is 12.8. The number of carbonyl (C=O) groups is 3. The molecule has 11 heteroatoms. The van der Waals surface area contributed by atoms with E-state index in [1.807, 2.05) is 41.5 Å². The van der Waals surface area contributed by atoms with Crippen LogP contribution in [0.1, 0.15) is 115 Å². The SMILES string of the molecule is Cc1cccc(C(CCN(C(=O)O)C2CCC(NC(=O)OC(C)(C)C)CC2)c2cn(CC3CCOCC3)c3ccc(CNC(=O)OC(C)(C)C)cc23)c1. The third kappa shape index (κ3) is 11.6. The zero-order valence-electron chi connectivity index (χ0n) is 32.7. The van der Waals surface area contributed by atoms with Gasteiger partial charge in [0.05, 0.1) is 0 Å². The summed E-state index contributed by atoms with van der Waals surface area (Å²) in [6, 6.07) is 14.7. The van der Waals surface area contributed by atoms with E-state index >= 15 is 0 Å². The van der Waals surface area contributed by atoms with Gasteiger partial charge < -0.3 is 39.4 Å². The van der Waals surface area contributed by atoms with E-state index in [1.165, 1.54) is 0 Å². The van der Waals surface area contributed by atoms with Crippen LogP contribution in [0.5, 0.6) is 0 Å². The molecule has 5 rings (SSSR count). The summed E-state index contributed by atoms with van der Waals surface area (Å²) in [4.78, 5) is 39.4. The van der Waals surface area contributed by atoms with Gasteiger partial charge in [0.1, 0.15) is 11.2 Å². The number of hydrogen-bond donors (Lipinski definition) is 3. The molecule has 2 fully saturated rings. The molecule has 0 radical (unpaired) electrons. The molecule has 3 amide bonds. The number of carboxylic acid groups (broad SMARTS) is 1. The van der Waals surface area contributed by atoms with Crippen LogP contribution in [0.2, 0.25) is 0 Å². The van der Waals surface area contributed by atoms with E-state index in [9.17, 15) is 19.5 Å². The van der Waals surface area contributed by atoms with Crippen LogP contribution in [-0.4, -0.2) is 75.9 Å². The van der Waals surface area contributed by atoms with Crippen LogP contribution in [0.3, 0.4) is 0 Å². The van der Waals surface area contributed by atoms with E-state index in [0.717, 1.165) is 65.8 Å². The minimum atomic E-state index is -0.922. The van der Waals surface area contributed by atoms with Crippen molar-refractivity contribution in [1.29, 1.82) is 0 Å². The molecule has 1 aromatic heterocycles. The fraction of sp³-hybridized carbons (Fsp3) is 0.595. The summed E-state index contributed by atoms with van der Waals surface area (Å²) in [5, 5.41) is 17.5. The van der Waals surface area contributed by atoms with E-state index in [0.29, 0.717) is 51.1 Å². The Morgan fingerprint density at radius 1 is 0.925 bits per heavy atom. The first-order valence-corrected chi connectivity index (χ1v) is 19.3. The van der Waals surface area contributed by atoms with Crippen LogP contribution < -0.4 is 10.6 Å². The number of benzene rings is 2. The number of nitrogens with one attached hydrogen (secondary N) is 2. The molecule has 1 unspecified atom stereocenters. The Morgan fingerprint density at radius 3 is 2.25 bits per heavy atom. The molecule has 11 nitrogen and oxygen atoms in total. The summed E-state index contributed by atoms with van der Waals surface area (Å²) in [7, 11) is 0. The molecule has 2 heterocycles. The first-order valence-electron chi connectivity index (χ1n) is 19.3. The predicted molar refractivity (Wildman–Crippen MR) is 206 cm³/mol. The van der Waals surface area contributed by atoms with Gasteiger partial charge in [0.25, 0.3) is 0 Å². The average Bonchev–Trinajstić information content (AvgIpc) is 3.41. The number of amides is 3. The van der Waals surface area contributed by atoms with Gasteiger partial charge in [-0.25, -0.2) is 14.4 Å². The van der Waals surface area contributed by atoms with Gasteiger partial charge in [0.15, 0.2) is 0 Å². The average molecular weight is 733 g/mol. The summed E-state index contributed by atoms with van der Waals surface area (Å²) >= 11 is 0. The van der Waals surface area contributed by atoms with E-state index in [1.54, 1.807) is 4.90 Å². The third-order valence-electron chi connectivity index (χ3n) is 10.2. The zero-order chi connectivity index (χ0) is 38.3. The van der Waals surface area contributed by atoms with Crippen LogP contribution in [0, 0.1) is 12.8 Å². The Hall–Kier alpha value is -4.25. The summed E-state index contributed by atoms with van der Waals surface area (Å²) in [5.41, 5.74) is 4.34. The van der Waals surface area contributed by atoms with E-state index < -0.39 is 29.5 Å². The van der Waals surface area contributed by atoms with Gasteiger partial charge in [-0.05, 0) is 128 Å². The predicted octanol–water partition coefficient (Wildman–Crippen LogP) is 8.74. The largest absolute Gasteiger partial charge is 0.465 e. The van der Waals surface area contributed by atoms with Crippen molar-refractivity contribution in [3.05, 3.63) is 70.9 Å². The molecule has 2 aromatic carbocycles. The minimum Gasteiger partial charge on any atom is -0.465 e. The first kappa shape index (κ1) is 39.9. The molecular formula is C42H60N4O7. The molecule has 53 heavy (non-hydrogen) atoms. The lowest BCUT2D eigenvalue weighted by Crippen LogP contribution is -2.47. The van der Waals surface area contributed by atoms with Crippen molar-refractivity contribution in [1.82, 2.24) is 20.1 Å². The number of aromatic nitrogens is 1. The van der Waals surface area contributed by atoms with Crippen molar-refractivity contribution >= 4 is 29.2 Å². The number of nitrogens with zero attached hydrogens (tertiary/aromatic N) is 2. The second kappa shape index (κ2) is 17.3. The van der Waals surface area contributed by atoms with Crippen molar-refractivity contribution < 1.29 is 33.7 Å². The molecule has 2 aliphatic rings. The highest BCUT2D eigenvalue weighted by Crippen LogP contribution is 2.37. The highest BCUT2D eigenvalue weighted by Gasteiger charge is 2.32. The number of carbonyl (C=O) groups excluding carboxylic acids is 2. The number of hydrogen-bond acceptors (Lipinski definition) is 6. The highest BCUT2D eigenvalue weighted by molar-refractivity contribution is 5.86. The number of rotatable bonds is 11. The first-order chi connectivity index (χ1) is 25.0. The van der Waals surface area contributed by atoms with Gasteiger partial charge in [-0.2, -0.15) is 0 Å². The standard InChI is InChI=1S/C42H60N4O7/c1-28-9-8-10-31(23-28)34(17-20-46(40(49)50)33-14-12-32(13-15-33)44-39(48)53-42(5,6)7)36-27-45(26-29-18-21-51-22-19-29)37-16-11-30(24-35(36)37)25-43-38(47)52-41(2,3)4/h8-11,16,23-24,27,29,32-34H,12-15,17-22,25-26H2,1-7H3,(H,43,47)(H,44,48)(H,49,50). The summed E-state index contributed by atoms with van der Waals surface area (Å²) in [6.45, 7) is 16.2. The second-order valence-electron chi connectivity index (χ2n) is 16.9. The molecule has 1 aliphatic carbocycles. The van der Waals surface area contributed by atoms with Gasteiger partial charge >= 0.3 is 18.3 Å². The second-order valence-corrected chi connectivity index (χ2v) is 16.9. The normalized spacial score (nSPS) is 19.0. The fourth-order valence-corrected chi connectivity index (χ4v) is 7.70. The van der Waals surface area contributed by atoms with Crippen molar-refractivity contribution in [3.8, 4) is 0 Å². The molecule has 1 atom stereocenters. The van der Waals surface area contributed by atoms with E-state index in [2.05, 4.69) is 70.8 Å². The highest BCUT2D eigenvalue weighted by atomic mass is 16.6. The van der Waals surface area contributed by atoms with E-state index in [4.69, 9.17) is 14.2 Å². The van der Waals surface area contributed by atoms with Crippen LogP contribution in [0.4, 0.5) is 14.4 Å². The lowest BCUT2D eigenvalue weighted by Gasteiger charge is -2.36. The lowest BCUT2D eigenvalue weighted by molar-refractivity contribution is 0.0471. The fourth-order valence-electron chi connectivity index (χ4n) is 7.70. The maximum absolute atomic E-state index is 12.8. The number of aryl methyl sites for hydroxylation is 1. The van der Waals surface area contributed by atoms with Crippen LogP contribution in [-0.2, 0) is 27.3 Å². The Labute approximate surface area is 314 Å². The van der Waals surface area contributed by atoms with Crippen LogP contribution in [0.25, 0.3) is 10.9 Å². The minimum absolute atomic E-state index is 0.0438. The quantitative estimate of drug-likeness (QED) is 0.180. The molecule has 1 saturated heterocycles. The summed E-state index contributed by atoms with van der Waals surface area (Å²) in [5.74, 6) is 0.426. The zero-order valence-corrected chi connectivity index (χ0v) is 32.7. The van der Waals surface area contributed by atoms with Gasteiger partial charge in [-0.3, -0.25) is 0 Å². The molecule has 290 valence electrons. The molecule has 0 bridgehead atoms. The number of fused-ring (bicyclic) bond motifs is 1. The van der Waals surface area contributed by atoms with Gasteiger partial charge in [0.2, 0.25) is 0 Å². The van der Waals surface area contributed by atoms with Crippen LogP contribution >= 0.6 is 0 Å². The van der Waals surface area contributed by atoms with Crippen molar-refractivity contribution in [2.24, 2.45) is 5.92 Å². The molecule has 1 saturated carbocycles. The summed E-state index contributed by atoms with van der Waals surface area (Å²) < 4.78 is 19.0. The lowest BCUT2D eigenvalue weighted by atomic mass is 9.86. The molecule has 3 N–H and O–H groups in total. The van der Waals surface area contributed by atoms with Gasteiger partial charge in [0, 0.05) is 67.9 Å². The Kier molecular flexibility index (Phi) is 13.0. The van der Waals surface area contributed by atoms with Crippen molar-refractivity contribution in [2.45, 2.75) is 136 Å². The van der Waals surface area contributed by atoms with Gasteiger partial charge in [-0.15, -0.1) is 0 Å². The Morgan fingerprint density at radius 2 is 1.60 bits per heavy atom. The molecular weight excluding hydrogens is 672 g/mol. The number of ether oxygens (including phenoxy) is 3. The molecule has 1 aliphatic heterocycles.